The minimum Gasteiger partial charge on any atom is -0.389 e. The minimum absolute atomic E-state index is 0.242. The first kappa shape index (κ1) is 13.6. The molecule has 3 N–H and O–H groups in total. The van der Waals surface area contributed by atoms with Gasteiger partial charge < -0.3 is 10.8 Å². The Bertz CT molecular complexity index is 417. The molecule has 1 aromatic carbocycles. The van der Waals surface area contributed by atoms with Gasteiger partial charge in [0.05, 0.1) is 5.60 Å². The van der Waals surface area contributed by atoms with E-state index in [1.165, 1.54) is 11.1 Å². The Morgan fingerprint density at radius 2 is 2.06 bits per heavy atom. The molecule has 0 saturated carbocycles. The van der Waals surface area contributed by atoms with E-state index in [0.717, 1.165) is 32.1 Å². The number of hydrogen-bond donors (Lipinski definition) is 2. The zero-order chi connectivity index (χ0) is 13.2. The molecule has 2 nitrogen and oxygen atoms in total. The highest BCUT2D eigenvalue weighted by atomic mass is 16.3. The lowest BCUT2D eigenvalue weighted by Gasteiger charge is -2.45. The smallest absolute Gasteiger partial charge is 0.0753 e. The third kappa shape index (κ3) is 1.79. The monoisotopic (exact) mass is 247 g/mol. The molecule has 0 saturated heterocycles. The maximum absolute atomic E-state index is 11.1. The van der Waals surface area contributed by atoms with Gasteiger partial charge in [0.1, 0.15) is 0 Å². The molecule has 0 radical (unpaired) electrons. The fourth-order valence-electron chi connectivity index (χ4n) is 3.74. The second-order valence-corrected chi connectivity index (χ2v) is 5.58. The second kappa shape index (κ2) is 5.02. The summed E-state index contributed by atoms with van der Waals surface area (Å²) in [6.45, 7) is 4.74. The van der Waals surface area contributed by atoms with Crippen LogP contribution in [0.25, 0.3) is 0 Å². The van der Waals surface area contributed by atoms with Crippen LogP contribution >= 0.6 is 0 Å². The normalized spacial score (nSPS) is 25.8. The molecule has 0 bridgehead atoms. The molecule has 2 heteroatoms. The number of fused-ring (bicyclic) bond motifs is 1. The van der Waals surface area contributed by atoms with E-state index in [0.29, 0.717) is 6.54 Å². The topological polar surface area (TPSA) is 46.2 Å². The largest absolute Gasteiger partial charge is 0.389 e. The average Bonchev–Trinajstić information content (AvgIpc) is 2.79. The second-order valence-electron chi connectivity index (χ2n) is 5.58. The molecule has 2 rings (SSSR count). The lowest BCUT2D eigenvalue weighted by molar-refractivity contribution is -0.0483. The predicted octanol–water partition coefficient (Wildman–Crippen LogP) is 2.77. The summed E-state index contributed by atoms with van der Waals surface area (Å²) in [4.78, 5) is 0. The van der Waals surface area contributed by atoms with Crippen LogP contribution in [0.3, 0.4) is 0 Å². The van der Waals surface area contributed by atoms with Gasteiger partial charge in [-0.3, -0.25) is 0 Å². The molecule has 0 aromatic heterocycles. The Hall–Kier alpha value is -0.860. The SMILES string of the molecule is CCCC(O)(CC)C1(CN)CCc2ccccc21. The van der Waals surface area contributed by atoms with Gasteiger partial charge in [-0.1, -0.05) is 44.5 Å². The van der Waals surface area contributed by atoms with Gasteiger partial charge >= 0.3 is 0 Å². The molecule has 2 atom stereocenters. The van der Waals surface area contributed by atoms with Crippen LogP contribution in [0, 0.1) is 0 Å². The average molecular weight is 247 g/mol. The maximum atomic E-state index is 11.1. The first-order valence-electron chi connectivity index (χ1n) is 7.14. The third-order valence-corrected chi connectivity index (χ3v) is 4.84. The molecule has 2 unspecified atom stereocenters. The van der Waals surface area contributed by atoms with Gasteiger partial charge in [0.15, 0.2) is 0 Å². The number of benzene rings is 1. The Morgan fingerprint density at radius 3 is 2.67 bits per heavy atom. The quantitative estimate of drug-likeness (QED) is 0.840. The van der Waals surface area contributed by atoms with Crippen LogP contribution in [0.15, 0.2) is 24.3 Å². The fraction of sp³-hybridized carbons (Fsp3) is 0.625. The van der Waals surface area contributed by atoms with Crippen LogP contribution in [-0.4, -0.2) is 17.3 Å². The lowest BCUT2D eigenvalue weighted by Crippen LogP contribution is -2.54. The minimum atomic E-state index is -0.664. The van der Waals surface area contributed by atoms with Crippen LogP contribution in [-0.2, 0) is 11.8 Å². The Labute approximate surface area is 110 Å². The Morgan fingerprint density at radius 1 is 1.33 bits per heavy atom. The van der Waals surface area contributed by atoms with Crippen molar-refractivity contribution in [2.24, 2.45) is 5.73 Å². The Kier molecular flexibility index (Phi) is 3.79. The fourth-order valence-corrected chi connectivity index (χ4v) is 3.74. The van der Waals surface area contributed by atoms with E-state index in [1.54, 1.807) is 0 Å². The summed E-state index contributed by atoms with van der Waals surface area (Å²) >= 11 is 0. The third-order valence-electron chi connectivity index (χ3n) is 4.84. The maximum Gasteiger partial charge on any atom is 0.0753 e. The van der Waals surface area contributed by atoms with Crippen molar-refractivity contribution in [2.45, 2.75) is 57.0 Å². The lowest BCUT2D eigenvalue weighted by atomic mass is 9.64. The van der Waals surface area contributed by atoms with Crippen molar-refractivity contribution in [3.05, 3.63) is 35.4 Å². The van der Waals surface area contributed by atoms with Crippen LogP contribution in [0.2, 0.25) is 0 Å². The highest BCUT2D eigenvalue weighted by Gasteiger charge is 2.51. The van der Waals surface area contributed by atoms with Crippen molar-refractivity contribution >= 4 is 0 Å². The molecule has 0 heterocycles. The van der Waals surface area contributed by atoms with Gasteiger partial charge in [-0.15, -0.1) is 0 Å². The van der Waals surface area contributed by atoms with Crippen LogP contribution in [0.1, 0.15) is 50.7 Å². The van der Waals surface area contributed by atoms with Crippen LogP contribution in [0.5, 0.6) is 0 Å². The number of rotatable bonds is 5. The number of aryl methyl sites for hydroxylation is 1. The molecule has 18 heavy (non-hydrogen) atoms. The van der Waals surface area contributed by atoms with Crippen molar-refractivity contribution in [1.82, 2.24) is 0 Å². The molecule has 0 fully saturated rings. The predicted molar refractivity (Wildman–Crippen MR) is 75.6 cm³/mol. The summed E-state index contributed by atoms with van der Waals surface area (Å²) < 4.78 is 0. The van der Waals surface area contributed by atoms with Gasteiger partial charge in [-0.05, 0) is 36.8 Å². The molecular formula is C16H25NO. The summed E-state index contributed by atoms with van der Waals surface area (Å²) in [5.41, 5.74) is 7.86. The van der Waals surface area contributed by atoms with Crippen molar-refractivity contribution < 1.29 is 5.11 Å². The molecule has 1 aliphatic rings. The number of nitrogens with two attached hydrogens (primary N) is 1. The van der Waals surface area contributed by atoms with E-state index in [1.807, 2.05) is 0 Å². The van der Waals surface area contributed by atoms with E-state index in [-0.39, 0.29) is 5.41 Å². The number of hydrogen-bond acceptors (Lipinski definition) is 2. The van der Waals surface area contributed by atoms with E-state index >= 15 is 0 Å². The molecule has 0 amide bonds. The van der Waals surface area contributed by atoms with Gasteiger partial charge in [0.25, 0.3) is 0 Å². The van der Waals surface area contributed by atoms with Gasteiger partial charge in [0.2, 0.25) is 0 Å². The molecule has 1 aliphatic carbocycles. The van der Waals surface area contributed by atoms with Gasteiger partial charge in [-0.25, -0.2) is 0 Å². The highest BCUT2D eigenvalue weighted by Crippen LogP contribution is 2.48. The summed E-state index contributed by atoms with van der Waals surface area (Å²) in [5.74, 6) is 0. The molecular weight excluding hydrogens is 222 g/mol. The molecule has 0 aliphatic heterocycles. The van der Waals surface area contributed by atoms with Crippen LogP contribution in [0.4, 0.5) is 0 Å². The molecule has 0 spiro atoms. The summed E-state index contributed by atoms with van der Waals surface area (Å²) in [6.07, 6.45) is 4.61. The van der Waals surface area contributed by atoms with Crippen molar-refractivity contribution in [3.63, 3.8) is 0 Å². The van der Waals surface area contributed by atoms with Crippen molar-refractivity contribution in [1.29, 1.82) is 0 Å². The number of aliphatic hydroxyl groups is 1. The summed E-state index contributed by atoms with van der Waals surface area (Å²) in [7, 11) is 0. The first-order chi connectivity index (χ1) is 8.63. The molecule has 1 aromatic rings. The zero-order valence-corrected chi connectivity index (χ0v) is 11.6. The van der Waals surface area contributed by atoms with Gasteiger partial charge in [0, 0.05) is 12.0 Å². The Balaban J connectivity index is 2.50. The van der Waals surface area contributed by atoms with Crippen molar-refractivity contribution in [2.75, 3.05) is 6.54 Å². The van der Waals surface area contributed by atoms with E-state index in [4.69, 9.17) is 5.73 Å². The first-order valence-corrected chi connectivity index (χ1v) is 7.14. The van der Waals surface area contributed by atoms with Gasteiger partial charge in [-0.2, -0.15) is 0 Å². The van der Waals surface area contributed by atoms with E-state index in [9.17, 15) is 5.11 Å². The highest BCUT2D eigenvalue weighted by molar-refractivity contribution is 5.42. The van der Waals surface area contributed by atoms with E-state index < -0.39 is 5.60 Å². The summed E-state index contributed by atoms with van der Waals surface area (Å²) in [6, 6.07) is 8.48. The summed E-state index contributed by atoms with van der Waals surface area (Å²) in [5, 5.41) is 11.1. The zero-order valence-electron chi connectivity index (χ0n) is 11.6. The van der Waals surface area contributed by atoms with Crippen molar-refractivity contribution in [3.8, 4) is 0 Å². The van der Waals surface area contributed by atoms with E-state index in [2.05, 4.69) is 38.1 Å². The molecule has 100 valence electrons. The van der Waals surface area contributed by atoms with Crippen LogP contribution < -0.4 is 5.73 Å². The standard InChI is InChI=1S/C16H25NO/c1-3-10-16(18,4-2)15(12-17)11-9-13-7-5-6-8-14(13)15/h5-8,18H,3-4,9-12,17H2,1-2H3.